The van der Waals surface area contributed by atoms with E-state index in [0.29, 0.717) is 0 Å². The third-order valence-corrected chi connectivity index (χ3v) is 8.80. The Bertz CT molecular complexity index is 992. The van der Waals surface area contributed by atoms with Gasteiger partial charge in [0, 0.05) is 16.3 Å². The Balaban J connectivity index is 1.61. The highest BCUT2D eigenvalue weighted by molar-refractivity contribution is 7.99. The van der Waals surface area contributed by atoms with E-state index in [1.54, 1.807) is 18.8 Å². The highest BCUT2D eigenvalue weighted by Gasteiger charge is 2.50. The molecule has 2 fully saturated rings. The average molecular weight is 480 g/mol. The molecule has 2 amide bonds. The number of likely N-dealkylation sites (tertiary alicyclic amines) is 1. The van der Waals surface area contributed by atoms with Crippen LogP contribution in [0.1, 0.15) is 63.5 Å². The predicted molar refractivity (Wildman–Crippen MR) is 137 cm³/mol. The van der Waals surface area contributed by atoms with Crippen LogP contribution in [-0.4, -0.2) is 35.8 Å². The van der Waals surface area contributed by atoms with Crippen molar-refractivity contribution >= 4 is 23.6 Å². The number of nitrogens with one attached hydrogen (secondary N) is 1. The number of hydrogen-bond donors (Lipinski definition) is 2. The van der Waals surface area contributed by atoms with Crippen LogP contribution in [0.4, 0.5) is 0 Å². The molecule has 1 aliphatic carbocycles. The van der Waals surface area contributed by atoms with Crippen molar-refractivity contribution in [3.8, 4) is 0 Å². The van der Waals surface area contributed by atoms with E-state index in [4.69, 9.17) is 5.73 Å². The van der Waals surface area contributed by atoms with Crippen molar-refractivity contribution in [2.24, 2.45) is 17.6 Å². The summed E-state index contributed by atoms with van der Waals surface area (Å²) in [6.45, 7) is 2.54. The maximum atomic E-state index is 14.2. The van der Waals surface area contributed by atoms with Crippen molar-refractivity contribution in [3.63, 3.8) is 0 Å². The maximum absolute atomic E-state index is 14.2. The molecule has 1 heterocycles. The number of rotatable bonds is 8. The van der Waals surface area contributed by atoms with Crippen molar-refractivity contribution in [2.75, 3.05) is 13.6 Å². The molecule has 34 heavy (non-hydrogen) atoms. The summed E-state index contributed by atoms with van der Waals surface area (Å²) in [7, 11) is 1.75. The molecule has 0 radical (unpaired) electrons. The summed E-state index contributed by atoms with van der Waals surface area (Å²) in [6.07, 6.45) is 7.27. The monoisotopic (exact) mass is 479 g/mol. The fourth-order valence-electron chi connectivity index (χ4n) is 5.79. The van der Waals surface area contributed by atoms with E-state index in [0.717, 1.165) is 45.1 Å². The first kappa shape index (κ1) is 24.8. The minimum absolute atomic E-state index is 0.0314. The molecule has 5 nitrogen and oxygen atoms in total. The van der Waals surface area contributed by atoms with E-state index >= 15 is 0 Å². The summed E-state index contributed by atoms with van der Waals surface area (Å²) >= 11 is 1.74. The number of hydrogen-bond acceptors (Lipinski definition) is 4. The minimum Gasteiger partial charge on any atom is -0.368 e. The van der Waals surface area contributed by atoms with E-state index in [1.807, 2.05) is 30.0 Å². The van der Waals surface area contributed by atoms with Crippen LogP contribution in [0.3, 0.4) is 0 Å². The SMILES string of the molecule is CNC(C)(C(N)=O)[C@@H](C(=O)N1CCC[C@@H]1c1cccc(Sc2ccccc2)c1)C1CCCCC1. The summed E-state index contributed by atoms with van der Waals surface area (Å²) in [4.78, 5) is 31.2. The van der Waals surface area contributed by atoms with Gasteiger partial charge in [0.2, 0.25) is 11.8 Å². The lowest BCUT2D eigenvalue weighted by atomic mass is 9.69. The fraction of sp³-hybridized carbons (Fsp3) is 0.500. The molecular formula is C28H37N3O2S. The molecule has 6 heteroatoms. The highest BCUT2D eigenvalue weighted by Crippen LogP contribution is 2.41. The van der Waals surface area contributed by atoms with Gasteiger partial charge < -0.3 is 16.0 Å². The molecule has 2 aromatic carbocycles. The molecule has 0 bridgehead atoms. The van der Waals surface area contributed by atoms with Gasteiger partial charge >= 0.3 is 0 Å². The average Bonchev–Trinajstić information content (AvgIpc) is 3.35. The Morgan fingerprint density at radius 3 is 2.38 bits per heavy atom. The summed E-state index contributed by atoms with van der Waals surface area (Å²) in [5.74, 6) is -0.646. The first-order valence-electron chi connectivity index (χ1n) is 12.6. The van der Waals surface area contributed by atoms with Crippen molar-refractivity contribution in [3.05, 3.63) is 60.2 Å². The van der Waals surface area contributed by atoms with Crippen LogP contribution >= 0.6 is 11.8 Å². The largest absolute Gasteiger partial charge is 0.368 e. The standard InChI is InChI=1S/C28H37N3O2S/c1-28(30-2,27(29)33)25(20-11-5-3-6-12-20)26(32)31-18-10-17-24(31)21-13-9-16-23(19-21)34-22-14-7-4-8-15-22/h4,7-9,13-16,19-20,24-25,30H,3,5-6,10-12,17-18H2,1-2H3,(H2,29,33)/t24-,25-,28?/m1/s1. The number of amides is 2. The topological polar surface area (TPSA) is 75.4 Å². The van der Waals surface area contributed by atoms with Gasteiger partial charge in [-0.05, 0) is 75.4 Å². The number of nitrogens with two attached hydrogens (primary N) is 1. The molecule has 1 aliphatic heterocycles. The molecule has 1 saturated heterocycles. The van der Waals surface area contributed by atoms with E-state index in [-0.39, 0.29) is 17.9 Å². The lowest BCUT2D eigenvalue weighted by Gasteiger charge is -2.43. The molecule has 3 atom stereocenters. The van der Waals surface area contributed by atoms with Crippen LogP contribution in [0.15, 0.2) is 64.4 Å². The van der Waals surface area contributed by atoms with Gasteiger partial charge in [-0.1, -0.05) is 61.4 Å². The molecule has 1 unspecified atom stereocenters. The molecule has 0 aromatic heterocycles. The third-order valence-electron chi connectivity index (χ3n) is 7.80. The second kappa shape index (κ2) is 11.0. The summed E-state index contributed by atoms with van der Waals surface area (Å²) in [5, 5.41) is 3.15. The first-order chi connectivity index (χ1) is 16.4. The minimum atomic E-state index is -1.06. The number of nitrogens with zero attached hydrogens (tertiary/aromatic N) is 1. The van der Waals surface area contributed by atoms with E-state index < -0.39 is 17.4 Å². The zero-order valence-electron chi connectivity index (χ0n) is 20.3. The normalized spacial score (nSPS) is 21.7. The van der Waals surface area contributed by atoms with Crippen molar-refractivity contribution < 1.29 is 9.59 Å². The second-order valence-corrected chi connectivity index (χ2v) is 11.0. The van der Waals surface area contributed by atoms with Crippen molar-refractivity contribution in [1.82, 2.24) is 10.2 Å². The Morgan fingerprint density at radius 1 is 1.00 bits per heavy atom. The number of carbonyl (C=O) groups is 2. The quantitative estimate of drug-likeness (QED) is 0.548. The molecule has 2 aliphatic rings. The summed E-state index contributed by atoms with van der Waals surface area (Å²) < 4.78 is 0. The number of likely N-dealkylation sites (N-methyl/N-ethyl adjacent to an activating group) is 1. The molecule has 4 rings (SSSR count). The summed E-state index contributed by atoms with van der Waals surface area (Å²) in [6, 6.07) is 18.9. The maximum Gasteiger partial charge on any atom is 0.238 e. The van der Waals surface area contributed by atoms with Crippen LogP contribution in [0.2, 0.25) is 0 Å². The van der Waals surface area contributed by atoms with Gasteiger partial charge in [-0.15, -0.1) is 0 Å². The fourth-order valence-corrected chi connectivity index (χ4v) is 6.69. The molecule has 3 N–H and O–H groups in total. The third kappa shape index (κ3) is 5.18. The van der Waals surface area contributed by atoms with Crippen LogP contribution in [-0.2, 0) is 9.59 Å². The molecule has 1 saturated carbocycles. The predicted octanol–water partition coefficient (Wildman–Crippen LogP) is 5.16. The van der Waals surface area contributed by atoms with Gasteiger partial charge in [0.15, 0.2) is 0 Å². The van der Waals surface area contributed by atoms with Crippen LogP contribution in [0.25, 0.3) is 0 Å². The number of carbonyl (C=O) groups excluding carboxylic acids is 2. The van der Waals surface area contributed by atoms with Crippen LogP contribution in [0.5, 0.6) is 0 Å². The van der Waals surface area contributed by atoms with Gasteiger partial charge in [0.25, 0.3) is 0 Å². The Labute approximate surface area is 207 Å². The molecule has 2 aromatic rings. The Hall–Kier alpha value is -2.31. The van der Waals surface area contributed by atoms with Gasteiger partial charge in [-0.25, -0.2) is 0 Å². The van der Waals surface area contributed by atoms with Crippen molar-refractivity contribution in [1.29, 1.82) is 0 Å². The number of primary amides is 1. The Kier molecular flexibility index (Phi) is 7.99. The van der Waals surface area contributed by atoms with Gasteiger partial charge in [-0.2, -0.15) is 0 Å². The van der Waals surface area contributed by atoms with E-state index in [2.05, 4.69) is 41.7 Å². The van der Waals surface area contributed by atoms with E-state index in [1.165, 1.54) is 21.8 Å². The second-order valence-electron chi connectivity index (χ2n) is 9.87. The Morgan fingerprint density at radius 2 is 1.71 bits per heavy atom. The molecule has 0 spiro atoms. The van der Waals surface area contributed by atoms with Crippen molar-refractivity contribution in [2.45, 2.75) is 73.2 Å². The first-order valence-corrected chi connectivity index (χ1v) is 13.4. The van der Waals surface area contributed by atoms with Gasteiger partial charge in [0.05, 0.1) is 12.0 Å². The van der Waals surface area contributed by atoms with Crippen LogP contribution < -0.4 is 11.1 Å². The zero-order valence-corrected chi connectivity index (χ0v) is 21.2. The lowest BCUT2D eigenvalue weighted by molar-refractivity contribution is -0.147. The summed E-state index contributed by atoms with van der Waals surface area (Å²) in [5.41, 5.74) is 6.00. The highest BCUT2D eigenvalue weighted by atomic mass is 32.2. The van der Waals surface area contributed by atoms with Gasteiger partial charge in [-0.3, -0.25) is 9.59 Å². The lowest BCUT2D eigenvalue weighted by Crippen LogP contribution is -2.63. The molecule has 182 valence electrons. The number of benzene rings is 2. The smallest absolute Gasteiger partial charge is 0.238 e. The molecular weight excluding hydrogens is 442 g/mol. The van der Waals surface area contributed by atoms with Crippen LogP contribution in [0, 0.1) is 11.8 Å². The van der Waals surface area contributed by atoms with E-state index in [9.17, 15) is 9.59 Å². The van der Waals surface area contributed by atoms with Gasteiger partial charge in [0.1, 0.15) is 5.54 Å². The zero-order chi connectivity index (χ0) is 24.1.